The van der Waals surface area contributed by atoms with Gasteiger partial charge in [-0.1, -0.05) is 19.3 Å². The second-order valence-electron chi connectivity index (χ2n) is 5.31. The summed E-state index contributed by atoms with van der Waals surface area (Å²) in [4.78, 5) is 4.24. The molecule has 1 atom stereocenters. The van der Waals surface area contributed by atoms with E-state index in [9.17, 15) is 0 Å². The molecule has 0 radical (unpaired) electrons. The molecule has 0 unspecified atom stereocenters. The zero-order valence-corrected chi connectivity index (χ0v) is 11.2. The predicted molar refractivity (Wildman–Crippen MR) is 71.0 cm³/mol. The van der Waals surface area contributed by atoms with Crippen LogP contribution in [0.2, 0.25) is 0 Å². The van der Waals surface area contributed by atoms with Crippen LogP contribution in [0, 0.1) is 12.8 Å². The predicted octanol–water partition coefficient (Wildman–Crippen LogP) is 2.75. The van der Waals surface area contributed by atoms with E-state index in [-0.39, 0.29) is 0 Å². The zero-order chi connectivity index (χ0) is 12.1. The van der Waals surface area contributed by atoms with Crippen LogP contribution >= 0.6 is 0 Å². The molecule has 1 N–H and O–H groups in total. The van der Waals surface area contributed by atoms with Crippen LogP contribution in [0.4, 0.5) is 0 Å². The Morgan fingerprint density at radius 2 is 2.18 bits per heavy atom. The van der Waals surface area contributed by atoms with Crippen LogP contribution in [0.5, 0.6) is 0 Å². The molecule has 1 aromatic heterocycles. The molecule has 1 aromatic rings. The van der Waals surface area contributed by atoms with E-state index in [2.05, 4.69) is 34.9 Å². The molecule has 96 valence electrons. The molecule has 0 spiro atoms. The van der Waals surface area contributed by atoms with Crippen molar-refractivity contribution in [3.8, 4) is 0 Å². The lowest BCUT2D eigenvalue weighted by Gasteiger charge is -2.28. The molecular formula is C14H25N3. The van der Waals surface area contributed by atoms with Gasteiger partial charge >= 0.3 is 0 Å². The highest BCUT2D eigenvalue weighted by Gasteiger charge is 2.19. The van der Waals surface area contributed by atoms with Gasteiger partial charge in [-0.05, 0) is 32.6 Å². The molecule has 2 rings (SSSR count). The second-order valence-corrected chi connectivity index (χ2v) is 5.31. The number of imidazole rings is 1. The van der Waals surface area contributed by atoms with Crippen molar-refractivity contribution in [1.82, 2.24) is 14.9 Å². The first-order valence-corrected chi connectivity index (χ1v) is 6.98. The van der Waals surface area contributed by atoms with Gasteiger partial charge in [-0.15, -0.1) is 0 Å². The van der Waals surface area contributed by atoms with Crippen molar-refractivity contribution in [3.63, 3.8) is 0 Å². The van der Waals surface area contributed by atoms with Crippen molar-refractivity contribution in [2.24, 2.45) is 5.92 Å². The summed E-state index contributed by atoms with van der Waals surface area (Å²) in [5.74, 6) is 2.00. The van der Waals surface area contributed by atoms with Gasteiger partial charge in [0.25, 0.3) is 0 Å². The molecule has 1 saturated carbocycles. The minimum Gasteiger partial charge on any atom is -0.334 e. The summed E-state index contributed by atoms with van der Waals surface area (Å²) in [5, 5.41) is 3.67. The third kappa shape index (κ3) is 3.56. The van der Waals surface area contributed by atoms with Crippen molar-refractivity contribution in [1.29, 1.82) is 0 Å². The molecule has 3 heteroatoms. The summed E-state index contributed by atoms with van der Waals surface area (Å²) < 4.78 is 2.21. The van der Waals surface area contributed by atoms with E-state index in [1.807, 2.05) is 6.20 Å². The molecule has 0 aromatic carbocycles. The highest BCUT2D eigenvalue weighted by atomic mass is 15.1. The van der Waals surface area contributed by atoms with Crippen molar-refractivity contribution < 1.29 is 0 Å². The maximum atomic E-state index is 4.24. The number of rotatable bonds is 5. The summed E-state index contributed by atoms with van der Waals surface area (Å²) in [5.41, 5.74) is 0. The van der Waals surface area contributed by atoms with Crippen molar-refractivity contribution in [2.75, 3.05) is 6.54 Å². The lowest BCUT2D eigenvalue weighted by Crippen LogP contribution is -2.36. The smallest absolute Gasteiger partial charge is 0.105 e. The van der Waals surface area contributed by atoms with Crippen LogP contribution in [-0.4, -0.2) is 22.1 Å². The van der Waals surface area contributed by atoms with Gasteiger partial charge in [0, 0.05) is 31.5 Å². The summed E-state index contributed by atoms with van der Waals surface area (Å²) >= 11 is 0. The van der Waals surface area contributed by atoms with Crippen molar-refractivity contribution >= 4 is 0 Å². The fourth-order valence-electron chi connectivity index (χ4n) is 2.85. The van der Waals surface area contributed by atoms with Crippen LogP contribution in [0.1, 0.15) is 44.9 Å². The van der Waals surface area contributed by atoms with E-state index in [1.54, 1.807) is 0 Å². The molecule has 0 aliphatic heterocycles. The van der Waals surface area contributed by atoms with Crippen LogP contribution in [0.25, 0.3) is 0 Å². The summed E-state index contributed by atoms with van der Waals surface area (Å²) in [6.45, 7) is 6.49. The average Bonchev–Trinajstić information content (AvgIpc) is 2.76. The maximum absolute atomic E-state index is 4.24. The van der Waals surface area contributed by atoms with Crippen LogP contribution in [-0.2, 0) is 6.54 Å². The molecular weight excluding hydrogens is 210 g/mol. The summed E-state index contributed by atoms with van der Waals surface area (Å²) in [6, 6.07) is 0.666. The monoisotopic (exact) mass is 235 g/mol. The fourth-order valence-corrected chi connectivity index (χ4v) is 2.85. The standard InChI is InChI=1S/C14H25N3/c1-12(14-6-4-3-5-7-14)15-8-10-17-11-9-16-13(17)2/h9,11-12,14-15H,3-8,10H2,1-2H3/t12-/m0/s1. The van der Waals surface area contributed by atoms with Gasteiger partial charge in [0.05, 0.1) is 0 Å². The number of aromatic nitrogens is 2. The minimum atomic E-state index is 0.666. The number of nitrogens with zero attached hydrogens (tertiary/aromatic N) is 2. The largest absolute Gasteiger partial charge is 0.334 e. The third-order valence-corrected chi connectivity index (χ3v) is 4.10. The van der Waals surface area contributed by atoms with E-state index < -0.39 is 0 Å². The van der Waals surface area contributed by atoms with Gasteiger partial charge < -0.3 is 9.88 Å². The Bertz CT molecular complexity index is 326. The SMILES string of the molecule is Cc1nccn1CCN[C@@H](C)C1CCCCC1. The number of hydrogen-bond donors (Lipinski definition) is 1. The topological polar surface area (TPSA) is 29.9 Å². The Hall–Kier alpha value is -0.830. The number of hydrogen-bond acceptors (Lipinski definition) is 2. The minimum absolute atomic E-state index is 0.666. The van der Waals surface area contributed by atoms with E-state index in [0.29, 0.717) is 6.04 Å². The fraction of sp³-hybridized carbons (Fsp3) is 0.786. The average molecular weight is 235 g/mol. The second kappa shape index (κ2) is 6.20. The van der Waals surface area contributed by atoms with Crippen LogP contribution in [0.3, 0.4) is 0 Å². The molecule has 17 heavy (non-hydrogen) atoms. The van der Waals surface area contributed by atoms with E-state index >= 15 is 0 Å². The lowest BCUT2D eigenvalue weighted by atomic mass is 9.84. The van der Waals surface area contributed by atoms with Crippen molar-refractivity contribution in [2.45, 2.75) is 58.5 Å². The first-order valence-electron chi connectivity index (χ1n) is 6.98. The molecule has 1 heterocycles. The number of aryl methyl sites for hydroxylation is 1. The molecule has 1 aliphatic carbocycles. The summed E-state index contributed by atoms with van der Waals surface area (Å²) in [7, 11) is 0. The normalized spacial score (nSPS) is 19.4. The maximum Gasteiger partial charge on any atom is 0.105 e. The quantitative estimate of drug-likeness (QED) is 0.850. The van der Waals surface area contributed by atoms with Crippen LogP contribution < -0.4 is 5.32 Å². The molecule has 0 amide bonds. The van der Waals surface area contributed by atoms with Gasteiger partial charge in [0.2, 0.25) is 0 Å². The summed E-state index contributed by atoms with van der Waals surface area (Å²) in [6.07, 6.45) is 11.1. The lowest BCUT2D eigenvalue weighted by molar-refractivity contribution is 0.280. The molecule has 1 fully saturated rings. The molecule has 0 saturated heterocycles. The molecule has 1 aliphatic rings. The Kier molecular flexibility index (Phi) is 4.60. The Morgan fingerprint density at radius 3 is 2.82 bits per heavy atom. The Labute approximate surface area is 105 Å². The van der Waals surface area contributed by atoms with Crippen molar-refractivity contribution in [3.05, 3.63) is 18.2 Å². The van der Waals surface area contributed by atoms with Crippen LogP contribution in [0.15, 0.2) is 12.4 Å². The zero-order valence-electron chi connectivity index (χ0n) is 11.2. The van der Waals surface area contributed by atoms with Gasteiger partial charge in [0.15, 0.2) is 0 Å². The Morgan fingerprint density at radius 1 is 1.41 bits per heavy atom. The highest BCUT2D eigenvalue weighted by Crippen LogP contribution is 2.26. The Balaban J connectivity index is 1.69. The highest BCUT2D eigenvalue weighted by molar-refractivity contribution is 4.88. The van der Waals surface area contributed by atoms with E-state index in [0.717, 1.165) is 24.8 Å². The van der Waals surface area contributed by atoms with Gasteiger partial charge in [-0.3, -0.25) is 0 Å². The van der Waals surface area contributed by atoms with Gasteiger partial charge in [-0.25, -0.2) is 4.98 Å². The first-order chi connectivity index (χ1) is 8.27. The third-order valence-electron chi connectivity index (χ3n) is 4.10. The first kappa shape index (κ1) is 12.6. The van der Waals surface area contributed by atoms with Gasteiger partial charge in [-0.2, -0.15) is 0 Å². The molecule has 0 bridgehead atoms. The number of nitrogens with one attached hydrogen (secondary N) is 1. The van der Waals surface area contributed by atoms with Gasteiger partial charge in [0.1, 0.15) is 5.82 Å². The van der Waals surface area contributed by atoms with E-state index in [1.165, 1.54) is 32.1 Å². The van der Waals surface area contributed by atoms with E-state index in [4.69, 9.17) is 0 Å². The molecule has 3 nitrogen and oxygen atoms in total.